The number of ether oxygens (including phenoxy) is 2. The van der Waals surface area contributed by atoms with Gasteiger partial charge in [-0.1, -0.05) is 30.3 Å². The number of carbonyl (C=O) groups is 4. The van der Waals surface area contributed by atoms with Crippen molar-refractivity contribution in [1.82, 2.24) is 9.69 Å². The molecular weight excluding hydrogens is 498 g/mol. The van der Waals surface area contributed by atoms with Gasteiger partial charge in [-0.3, -0.25) is 24.1 Å². The Hall–Kier alpha value is -4.45. The highest BCUT2D eigenvalue weighted by Crippen LogP contribution is 2.33. The lowest BCUT2D eigenvalue weighted by molar-refractivity contribution is -0.143. The third kappa shape index (κ3) is 6.41. The second-order valence-corrected chi connectivity index (χ2v) is 8.35. The average Bonchev–Trinajstić information content (AvgIpc) is 3.28. The molecule has 0 aliphatic carbocycles. The van der Waals surface area contributed by atoms with Gasteiger partial charge in [-0.15, -0.1) is 0 Å². The van der Waals surface area contributed by atoms with Crippen LogP contribution in [0.1, 0.15) is 45.6 Å². The standard InChI is InChI=1S/C25H27N5O6S/c1-3-35-17-12-10-15(11-13-17)21(24(33)28-14-18(31)36-4-2)30(16-8-6-5-7-9-16)25(34)22-19(26)20(23(27)32)29-37-22/h5-13,21H,3-4,14,26H2,1-2H3,(H2,27,32)(H,28,33)/t21-/m1/s1. The number of anilines is 2. The Bertz CT molecular complexity index is 1260. The summed E-state index contributed by atoms with van der Waals surface area (Å²) in [6, 6.07) is 13.8. The Balaban J connectivity index is 2.12. The molecule has 0 spiro atoms. The van der Waals surface area contributed by atoms with Crippen molar-refractivity contribution < 1.29 is 28.7 Å². The largest absolute Gasteiger partial charge is 0.494 e. The third-order valence-corrected chi connectivity index (χ3v) is 5.99. The minimum absolute atomic E-state index is 0.0632. The van der Waals surface area contributed by atoms with E-state index in [2.05, 4.69) is 9.69 Å². The van der Waals surface area contributed by atoms with E-state index in [0.717, 1.165) is 0 Å². The average molecular weight is 526 g/mol. The summed E-state index contributed by atoms with van der Waals surface area (Å²) in [5.74, 6) is -2.26. The van der Waals surface area contributed by atoms with Crippen LogP contribution in [0.3, 0.4) is 0 Å². The number of esters is 1. The second-order valence-electron chi connectivity index (χ2n) is 7.58. The molecule has 0 radical (unpaired) electrons. The number of primary amides is 1. The number of rotatable bonds is 11. The molecule has 0 fully saturated rings. The van der Waals surface area contributed by atoms with Gasteiger partial charge in [0.15, 0.2) is 5.69 Å². The van der Waals surface area contributed by atoms with Crippen LogP contribution < -0.4 is 26.4 Å². The highest BCUT2D eigenvalue weighted by molar-refractivity contribution is 7.09. The van der Waals surface area contributed by atoms with E-state index in [1.807, 2.05) is 6.92 Å². The van der Waals surface area contributed by atoms with Crippen molar-refractivity contribution >= 4 is 46.6 Å². The van der Waals surface area contributed by atoms with Crippen molar-refractivity contribution in [2.24, 2.45) is 5.73 Å². The van der Waals surface area contributed by atoms with Crippen molar-refractivity contribution in [1.29, 1.82) is 0 Å². The van der Waals surface area contributed by atoms with Crippen molar-refractivity contribution in [2.45, 2.75) is 19.9 Å². The van der Waals surface area contributed by atoms with Gasteiger partial charge in [-0.2, -0.15) is 4.37 Å². The Kier molecular flexibility index (Phi) is 9.16. The van der Waals surface area contributed by atoms with Gasteiger partial charge in [-0.05, 0) is 55.2 Å². The maximum atomic E-state index is 13.9. The lowest BCUT2D eigenvalue weighted by atomic mass is 10.0. The van der Waals surface area contributed by atoms with E-state index >= 15 is 0 Å². The molecule has 3 aromatic rings. The van der Waals surface area contributed by atoms with E-state index < -0.39 is 36.3 Å². The number of nitrogens with two attached hydrogens (primary N) is 2. The number of hydrogen-bond donors (Lipinski definition) is 3. The van der Waals surface area contributed by atoms with E-state index in [1.54, 1.807) is 61.5 Å². The molecule has 0 unspecified atom stereocenters. The summed E-state index contributed by atoms with van der Waals surface area (Å²) in [5, 5.41) is 2.54. The van der Waals surface area contributed by atoms with Crippen molar-refractivity contribution in [3.05, 3.63) is 70.7 Å². The SMILES string of the molecule is CCOC(=O)CNC(=O)[C@@H](c1ccc(OCC)cc1)N(C(=O)c1snc(C(N)=O)c1N)c1ccccc1. The number of nitrogens with zero attached hydrogens (tertiary/aromatic N) is 2. The van der Waals surface area contributed by atoms with Crippen molar-refractivity contribution in [2.75, 3.05) is 30.4 Å². The first-order valence-electron chi connectivity index (χ1n) is 11.4. The number of carbonyl (C=O) groups excluding carboxylic acids is 4. The fourth-order valence-corrected chi connectivity index (χ4v) is 4.25. The Morgan fingerprint density at radius 2 is 1.70 bits per heavy atom. The summed E-state index contributed by atoms with van der Waals surface area (Å²) in [6.45, 7) is 3.70. The quantitative estimate of drug-likeness (QED) is 0.321. The molecule has 2 aromatic carbocycles. The van der Waals surface area contributed by atoms with Crippen LogP contribution in [0.2, 0.25) is 0 Å². The number of para-hydroxylation sites is 1. The van der Waals surface area contributed by atoms with Gasteiger partial charge < -0.3 is 26.3 Å². The fraction of sp³-hybridized carbons (Fsp3) is 0.240. The highest BCUT2D eigenvalue weighted by Gasteiger charge is 2.36. The van der Waals surface area contributed by atoms with E-state index in [-0.39, 0.29) is 22.9 Å². The van der Waals surface area contributed by atoms with Crippen LogP contribution in [0, 0.1) is 0 Å². The molecule has 194 valence electrons. The second kappa shape index (κ2) is 12.5. The first-order chi connectivity index (χ1) is 17.8. The van der Waals surface area contributed by atoms with Crippen LogP contribution in [-0.2, 0) is 14.3 Å². The van der Waals surface area contributed by atoms with Gasteiger partial charge in [0.1, 0.15) is 23.2 Å². The van der Waals surface area contributed by atoms with Gasteiger partial charge in [0.05, 0.1) is 18.9 Å². The predicted octanol–water partition coefficient (Wildman–Crippen LogP) is 2.29. The topological polar surface area (TPSA) is 167 Å². The number of benzene rings is 2. The summed E-state index contributed by atoms with van der Waals surface area (Å²) in [5.41, 5.74) is 11.8. The predicted molar refractivity (Wildman–Crippen MR) is 138 cm³/mol. The van der Waals surface area contributed by atoms with E-state index in [1.165, 1.54) is 4.90 Å². The maximum Gasteiger partial charge on any atom is 0.325 e. The summed E-state index contributed by atoms with van der Waals surface area (Å²) in [4.78, 5) is 52.2. The monoisotopic (exact) mass is 525 g/mol. The number of aromatic nitrogens is 1. The van der Waals surface area contributed by atoms with Crippen LogP contribution in [0.5, 0.6) is 5.75 Å². The molecule has 0 saturated carbocycles. The summed E-state index contributed by atoms with van der Waals surface area (Å²) in [7, 11) is 0. The van der Waals surface area contributed by atoms with Crippen LogP contribution in [0.4, 0.5) is 11.4 Å². The van der Waals surface area contributed by atoms with Crippen LogP contribution >= 0.6 is 11.5 Å². The Labute approximate surface area is 217 Å². The van der Waals surface area contributed by atoms with Gasteiger partial charge in [0.25, 0.3) is 11.8 Å². The zero-order chi connectivity index (χ0) is 26.9. The highest BCUT2D eigenvalue weighted by atomic mass is 32.1. The molecule has 37 heavy (non-hydrogen) atoms. The molecular formula is C25H27N5O6S. The molecule has 1 aromatic heterocycles. The molecule has 5 N–H and O–H groups in total. The Morgan fingerprint density at radius 1 is 1.03 bits per heavy atom. The summed E-state index contributed by atoms with van der Waals surface area (Å²) < 4.78 is 14.3. The van der Waals surface area contributed by atoms with Crippen LogP contribution in [-0.4, -0.2) is 47.8 Å². The lowest BCUT2D eigenvalue weighted by Crippen LogP contribution is -2.45. The molecule has 0 aliphatic heterocycles. The molecule has 3 rings (SSSR count). The number of hydrogen-bond acceptors (Lipinski definition) is 9. The summed E-state index contributed by atoms with van der Waals surface area (Å²) >= 11 is 0.701. The van der Waals surface area contributed by atoms with E-state index in [9.17, 15) is 19.2 Å². The molecule has 12 heteroatoms. The van der Waals surface area contributed by atoms with Gasteiger partial charge in [-0.25, -0.2) is 0 Å². The fourth-order valence-electron chi connectivity index (χ4n) is 3.51. The minimum atomic E-state index is -1.24. The number of nitrogen functional groups attached to an aromatic ring is 1. The number of nitrogens with one attached hydrogen (secondary N) is 1. The van der Waals surface area contributed by atoms with Crippen molar-refractivity contribution in [3.63, 3.8) is 0 Å². The summed E-state index contributed by atoms with van der Waals surface area (Å²) in [6.07, 6.45) is 0. The molecule has 0 aliphatic rings. The van der Waals surface area contributed by atoms with Gasteiger partial charge in [0.2, 0.25) is 5.91 Å². The first kappa shape index (κ1) is 27.1. The van der Waals surface area contributed by atoms with E-state index in [0.29, 0.717) is 35.1 Å². The smallest absolute Gasteiger partial charge is 0.325 e. The Morgan fingerprint density at radius 3 is 2.27 bits per heavy atom. The molecule has 11 nitrogen and oxygen atoms in total. The van der Waals surface area contributed by atoms with Crippen LogP contribution in [0.25, 0.3) is 0 Å². The molecule has 1 atom stereocenters. The van der Waals surface area contributed by atoms with E-state index in [4.69, 9.17) is 20.9 Å². The minimum Gasteiger partial charge on any atom is -0.494 e. The zero-order valence-electron chi connectivity index (χ0n) is 20.3. The third-order valence-electron chi connectivity index (χ3n) is 5.13. The molecule has 3 amide bonds. The first-order valence-corrected chi connectivity index (χ1v) is 12.1. The maximum absolute atomic E-state index is 13.9. The van der Waals surface area contributed by atoms with Gasteiger partial charge >= 0.3 is 5.97 Å². The number of amides is 3. The van der Waals surface area contributed by atoms with Crippen LogP contribution in [0.15, 0.2) is 54.6 Å². The van der Waals surface area contributed by atoms with Crippen molar-refractivity contribution in [3.8, 4) is 5.75 Å². The molecule has 0 bridgehead atoms. The lowest BCUT2D eigenvalue weighted by Gasteiger charge is -2.31. The molecule has 0 saturated heterocycles. The normalized spacial score (nSPS) is 11.3. The molecule has 1 heterocycles. The zero-order valence-corrected chi connectivity index (χ0v) is 21.1. The van der Waals surface area contributed by atoms with Gasteiger partial charge in [0, 0.05) is 5.69 Å².